The van der Waals surface area contributed by atoms with Crippen LogP contribution in [0.5, 0.6) is 0 Å². The van der Waals surface area contributed by atoms with Crippen molar-refractivity contribution in [3.8, 4) is 0 Å². The second kappa shape index (κ2) is 7.75. The molecule has 24 heavy (non-hydrogen) atoms. The molecule has 4 N–H and O–H groups in total. The van der Waals surface area contributed by atoms with Crippen molar-refractivity contribution in [2.24, 2.45) is 23.3 Å². The Bertz CT molecular complexity index is 459. The molecular weight excluding hydrogens is 322 g/mol. The Hall–Kier alpha value is -1.94. The fourth-order valence-corrected chi connectivity index (χ4v) is 3.35. The monoisotopic (exact) mass is 346 g/mol. The molecular formula is C14H24N3O7+. The normalized spacial score (nSPS) is 35.6. The molecule has 136 valence electrons. The van der Waals surface area contributed by atoms with E-state index in [0.717, 1.165) is 0 Å². The average Bonchev–Trinajstić information content (AvgIpc) is 3.11. The zero-order valence-corrected chi connectivity index (χ0v) is 13.8. The van der Waals surface area contributed by atoms with Gasteiger partial charge < -0.3 is 20.9 Å². The Morgan fingerprint density at radius 1 is 0.792 bits per heavy atom. The number of rotatable bonds is 8. The quantitative estimate of drug-likeness (QED) is 0.547. The average molecular weight is 346 g/mol. The van der Waals surface area contributed by atoms with E-state index >= 15 is 0 Å². The van der Waals surface area contributed by atoms with Crippen molar-refractivity contribution in [1.29, 1.82) is 0 Å². The minimum Gasteiger partial charge on any atom is -0.377 e. The maximum Gasteiger partial charge on any atom is 0.478 e. The van der Waals surface area contributed by atoms with Gasteiger partial charge in [0.2, 0.25) is 24.0 Å². The first-order valence-corrected chi connectivity index (χ1v) is 7.80. The SMILES string of the molecule is CO[C@@H]1C[C@H](C(N)=O)C[C@@H]1O[N+](=O)O[C@H]1C[C@@H](C(N)=O)C[C@H]1OC. The smallest absolute Gasteiger partial charge is 0.377 e. The molecule has 2 fully saturated rings. The minimum absolute atomic E-state index is 0.000119. The van der Waals surface area contributed by atoms with Gasteiger partial charge in [-0.05, 0) is 12.8 Å². The Morgan fingerprint density at radius 2 is 1.12 bits per heavy atom. The number of methoxy groups -OCH3 is 2. The van der Waals surface area contributed by atoms with Gasteiger partial charge >= 0.3 is 5.09 Å². The highest BCUT2D eigenvalue weighted by molar-refractivity contribution is 5.77. The van der Waals surface area contributed by atoms with Crippen molar-refractivity contribution in [1.82, 2.24) is 0 Å². The number of carbonyl (C=O) groups is 2. The number of nitrogens with two attached hydrogens (primary N) is 2. The van der Waals surface area contributed by atoms with E-state index in [1.54, 1.807) is 0 Å². The molecule has 0 heterocycles. The molecule has 2 rings (SSSR count). The van der Waals surface area contributed by atoms with Gasteiger partial charge in [0.25, 0.3) is 0 Å². The number of primary amides is 2. The summed E-state index contributed by atoms with van der Waals surface area (Å²) in [4.78, 5) is 44.9. The molecule has 0 saturated heterocycles. The minimum atomic E-state index is -0.640. The number of hydrogen-bond donors (Lipinski definition) is 2. The molecule has 0 aromatic heterocycles. The lowest BCUT2D eigenvalue weighted by Crippen LogP contribution is -2.34. The lowest BCUT2D eigenvalue weighted by Gasteiger charge is -2.14. The van der Waals surface area contributed by atoms with E-state index in [0.29, 0.717) is 12.8 Å². The first-order chi connectivity index (χ1) is 11.3. The highest BCUT2D eigenvalue weighted by atomic mass is 17.0. The molecule has 10 heteroatoms. The fraction of sp³-hybridized carbons (Fsp3) is 0.857. The van der Waals surface area contributed by atoms with Crippen LogP contribution in [0.4, 0.5) is 0 Å². The molecule has 0 unspecified atom stereocenters. The summed E-state index contributed by atoms with van der Waals surface area (Å²) in [7, 11) is 2.94. The second-order valence-electron chi connectivity index (χ2n) is 6.20. The van der Waals surface area contributed by atoms with E-state index in [2.05, 4.69) is 0 Å². The van der Waals surface area contributed by atoms with Crippen molar-refractivity contribution >= 4 is 11.8 Å². The number of hydrogen-bond acceptors (Lipinski definition) is 7. The van der Waals surface area contributed by atoms with Crippen LogP contribution in [0.3, 0.4) is 0 Å². The molecule has 0 aliphatic heterocycles. The molecule has 0 bridgehead atoms. The predicted octanol–water partition coefficient (Wildman–Crippen LogP) is -0.814. The Balaban J connectivity index is 1.90. The Morgan fingerprint density at radius 3 is 1.42 bits per heavy atom. The zero-order valence-electron chi connectivity index (χ0n) is 13.8. The second-order valence-corrected chi connectivity index (χ2v) is 6.20. The number of carbonyl (C=O) groups excluding carboxylic acids is 2. The van der Waals surface area contributed by atoms with Gasteiger partial charge in [0, 0.05) is 38.9 Å². The summed E-state index contributed by atoms with van der Waals surface area (Å²) in [5.74, 6) is -1.74. The van der Waals surface area contributed by atoms with Gasteiger partial charge in [0.05, 0.1) is 0 Å². The van der Waals surface area contributed by atoms with E-state index in [9.17, 15) is 14.5 Å². The van der Waals surface area contributed by atoms with Crippen LogP contribution in [0.25, 0.3) is 0 Å². The van der Waals surface area contributed by atoms with Crippen molar-refractivity contribution in [2.75, 3.05) is 14.2 Å². The zero-order chi connectivity index (χ0) is 17.9. The Labute approximate surface area is 139 Å². The molecule has 0 aromatic carbocycles. The van der Waals surface area contributed by atoms with Crippen molar-refractivity contribution < 1.29 is 33.8 Å². The van der Waals surface area contributed by atoms with Crippen LogP contribution in [0.2, 0.25) is 0 Å². The van der Waals surface area contributed by atoms with Crippen LogP contribution in [0, 0.1) is 16.7 Å². The third kappa shape index (κ3) is 4.12. The third-order valence-corrected chi connectivity index (χ3v) is 4.75. The standard InChI is InChI=1S/C14H23N3O7/c1-21-9-3-7(13(15)18)5-11(9)23-17(20)24-12-6-8(14(16)19)4-10(12)22-2/h7-12H,3-6H2,1-2H3,(H3-,15,16,18,19)/p+1/t7-,8-,9+,10+,11-,12-/m0/s1. The molecule has 2 aliphatic rings. The summed E-state index contributed by atoms with van der Waals surface area (Å²) >= 11 is 0. The van der Waals surface area contributed by atoms with Crippen LogP contribution < -0.4 is 11.5 Å². The van der Waals surface area contributed by atoms with Gasteiger partial charge in [-0.15, -0.1) is 0 Å². The molecule has 10 nitrogen and oxygen atoms in total. The molecule has 0 spiro atoms. The lowest BCUT2D eigenvalue weighted by molar-refractivity contribution is -0.993. The van der Waals surface area contributed by atoms with Gasteiger partial charge in [-0.2, -0.15) is 9.68 Å². The van der Waals surface area contributed by atoms with Crippen molar-refractivity contribution in [3.05, 3.63) is 4.91 Å². The maximum atomic E-state index is 12.0. The highest BCUT2D eigenvalue weighted by Crippen LogP contribution is 2.32. The van der Waals surface area contributed by atoms with Crippen molar-refractivity contribution in [2.45, 2.75) is 50.1 Å². The van der Waals surface area contributed by atoms with Gasteiger partial charge in [0.15, 0.2) is 0 Å². The highest BCUT2D eigenvalue weighted by Gasteiger charge is 2.47. The van der Waals surface area contributed by atoms with E-state index in [-0.39, 0.29) is 17.9 Å². The van der Waals surface area contributed by atoms with Crippen molar-refractivity contribution in [3.63, 3.8) is 0 Å². The first kappa shape index (κ1) is 18.4. The molecule has 2 aliphatic carbocycles. The summed E-state index contributed by atoms with van der Waals surface area (Å²) in [6.07, 6.45) is -0.809. The number of ether oxygens (including phenoxy) is 2. The molecule has 0 aromatic rings. The molecule has 6 atom stereocenters. The fourth-order valence-electron chi connectivity index (χ4n) is 3.35. The third-order valence-electron chi connectivity index (χ3n) is 4.75. The van der Waals surface area contributed by atoms with Gasteiger partial charge in [0.1, 0.15) is 17.1 Å². The summed E-state index contributed by atoms with van der Waals surface area (Å²) in [6.45, 7) is 0. The Kier molecular flexibility index (Phi) is 5.94. The summed E-state index contributed by atoms with van der Waals surface area (Å²) in [5.41, 5.74) is 10.6. The van der Waals surface area contributed by atoms with E-state index in [1.807, 2.05) is 0 Å². The van der Waals surface area contributed by atoms with Crippen LogP contribution in [0.1, 0.15) is 25.7 Å². The van der Waals surface area contributed by atoms with E-state index in [4.69, 9.17) is 30.6 Å². The number of amides is 2. The first-order valence-electron chi connectivity index (χ1n) is 7.80. The summed E-state index contributed by atoms with van der Waals surface area (Å²) < 4.78 is 10.5. The van der Waals surface area contributed by atoms with Gasteiger partial charge in [-0.25, -0.2) is 0 Å². The van der Waals surface area contributed by atoms with E-state index in [1.165, 1.54) is 14.2 Å². The molecule has 2 amide bonds. The summed E-state index contributed by atoms with van der Waals surface area (Å²) in [6, 6.07) is 0. The lowest BCUT2D eigenvalue weighted by atomic mass is 10.1. The number of nitrogens with zero attached hydrogens (tertiary/aromatic N) is 1. The van der Waals surface area contributed by atoms with Crippen LogP contribution in [-0.2, 0) is 28.7 Å². The van der Waals surface area contributed by atoms with Gasteiger partial charge in [-0.1, -0.05) is 0 Å². The molecule has 0 radical (unpaired) electrons. The van der Waals surface area contributed by atoms with Crippen LogP contribution in [0.15, 0.2) is 0 Å². The predicted molar refractivity (Wildman–Crippen MR) is 78.8 cm³/mol. The molecule has 2 saturated carbocycles. The largest absolute Gasteiger partial charge is 0.478 e. The van der Waals surface area contributed by atoms with Crippen LogP contribution >= 0.6 is 0 Å². The van der Waals surface area contributed by atoms with Gasteiger partial charge in [-0.3, -0.25) is 9.59 Å². The van der Waals surface area contributed by atoms with E-state index < -0.39 is 48.1 Å². The van der Waals surface area contributed by atoms with Crippen LogP contribution in [-0.4, -0.2) is 55.5 Å². The maximum absolute atomic E-state index is 12.0. The topological polar surface area (TPSA) is 143 Å². The summed E-state index contributed by atoms with van der Waals surface area (Å²) in [5, 5.41) is 0.000119.